The lowest BCUT2D eigenvalue weighted by atomic mass is 10.1. The molecule has 2 heterocycles. The fourth-order valence-electron chi connectivity index (χ4n) is 2.86. The summed E-state index contributed by atoms with van der Waals surface area (Å²) in [6, 6.07) is 1.96. The van der Waals surface area contributed by atoms with E-state index in [4.69, 9.17) is 14.4 Å². The van der Waals surface area contributed by atoms with Gasteiger partial charge in [-0.25, -0.2) is 9.97 Å². The topological polar surface area (TPSA) is 51.0 Å². The normalized spacial score (nSPS) is 14.6. The van der Waals surface area contributed by atoms with Crippen LogP contribution in [0, 0.1) is 6.92 Å². The highest BCUT2D eigenvalue weighted by molar-refractivity contribution is 5.58. The third-order valence-corrected chi connectivity index (χ3v) is 4.04. The summed E-state index contributed by atoms with van der Waals surface area (Å²) in [4.78, 5) is 9.55. The van der Waals surface area contributed by atoms with E-state index in [1.165, 1.54) is 30.5 Å². The molecule has 0 atom stereocenters. The summed E-state index contributed by atoms with van der Waals surface area (Å²) in [6.45, 7) is 5.15. The van der Waals surface area contributed by atoms with Gasteiger partial charge in [-0.05, 0) is 50.7 Å². The van der Waals surface area contributed by atoms with Crippen molar-refractivity contribution in [3.05, 3.63) is 29.2 Å². The Bertz CT molecular complexity index is 618. The Morgan fingerprint density at radius 2 is 2.05 bits per heavy atom. The minimum atomic E-state index is 0.719. The third-order valence-electron chi connectivity index (χ3n) is 4.04. The molecule has 0 unspecified atom stereocenters. The van der Waals surface area contributed by atoms with Crippen LogP contribution in [0.1, 0.15) is 49.4 Å². The molecule has 0 spiro atoms. The van der Waals surface area contributed by atoms with E-state index in [1.54, 1.807) is 6.26 Å². The first-order valence-electron chi connectivity index (χ1n) is 7.97. The van der Waals surface area contributed by atoms with Crippen LogP contribution < -0.4 is 5.32 Å². The van der Waals surface area contributed by atoms with Crippen molar-refractivity contribution >= 4 is 5.82 Å². The summed E-state index contributed by atoms with van der Waals surface area (Å²) in [5, 5.41) is 3.48. The van der Waals surface area contributed by atoms with Crippen LogP contribution in [0.15, 0.2) is 16.7 Å². The van der Waals surface area contributed by atoms with Gasteiger partial charge in [-0.2, -0.15) is 0 Å². The monoisotopic (exact) mass is 285 g/mol. The largest absolute Gasteiger partial charge is 0.461 e. The Kier molecular flexibility index (Phi) is 4.23. The molecule has 0 aromatic carbocycles. The van der Waals surface area contributed by atoms with Crippen LogP contribution in [-0.2, 0) is 12.8 Å². The molecular formula is C17H23N3O. The van der Waals surface area contributed by atoms with Gasteiger partial charge >= 0.3 is 0 Å². The van der Waals surface area contributed by atoms with E-state index in [2.05, 4.69) is 12.2 Å². The van der Waals surface area contributed by atoms with Gasteiger partial charge in [0.2, 0.25) is 0 Å². The molecule has 1 aliphatic carbocycles. The van der Waals surface area contributed by atoms with Gasteiger partial charge in [0.25, 0.3) is 0 Å². The first-order chi connectivity index (χ1) is 10.3. The molecule has 3 rings (SSSR count). The summed E-state index contributed by atoms with van der Waals surface area (Å²) in [6.07, 6.45) is 8.65. The second-order valence-corrected chi connectivity index (χ2v) is 5.74. The Hall–Kier alpha value is -1.84. The number of aromatic nitrogens is 2. The van der Waals surface area contributed by atoms with Gasteiger partial charge in [0.1, 0.15) is 5.82 Å². The van der Waals surface area contributed by atoms with E-state index in [1.807, 2.05) is 13.0 Å². The average molecular weight is 285 g/mol. The van der Waals surface area contributed by atoms with Crippen LogP contribution in [0.3, 0.4) is 0 Å². The number of rotatable bonds is 4. The van der Waals surface area contributed by atoms with Gasteiger partial charge in [0.05, 0.1) is 6.26 Å². The van der Waals surface area contributed by atoms with Crippen molar-refractivity contribution in [1.29, 1.82) is 0 Å². The van der Waals surface area contributed by atoms with Crippen molar-refractivity contribution in [3.8, 4) is 11.6 Å². The highest BCUT2D eigenvalue weighted by atomic mass is 16.3. The van der Waals surface area contributed by atoms with E-state index < -0.39 is 0 Å². The Balaban J connectivity index is 2.06. The predicted molar refractivity (Wildman–Crippen MR) is 84.5 cm³/mol. The van der Waals surface area contributed by atoms with Crippen LogP contribution >= 0.6 is 0 Å². The van der Waals surface area contributed by atoms with E-state index >= 15 is 0 Å². The summed E-state index contributed by atoms with van der Waals surface area (Å²) >= 11 is 0. The average Bonchev–Trinajstić information content (AvgIpc) is 2.78. The van der Waals surface area contributed by atoms with Crippen LogP contribution in [0.5, 0.6) is 0 Å². The van der Waals surface area contributed by atoms with E-state index in [0.29, 0.717) is 0 Å². The van der Waals surface area contributed by atoms with Gasteiger partial charge in [0.15, 0.2) is 11.6 Å². The zero-order valence-electron chi connectivity index (χ0n) is 12.9. The molecule has 112 valence electrons. The summed E-state index contributed by atoms with van der Waals surface area (Å²) in [7, 11) is 0. The number of fused-ring (bicyclic) bond motifs is 1. The summed E-state index contributed by atoms with van der Waals surface area (Å²) < 4.78 is 5.58. The molecule has 4 heteroatoms. The van der Waals surface area contributed by atoms with Crippen molar-refractivity contribution in [2.75, 3.05) is 11.9 Å². The highest BCUT2D eigenvalue weighted by Crippen LogP contribution is 2.29. The minimum Gasteiger partial charge on any atom is -0.461 e. The van der Waals surface area contributed by atoms with Crippen LogP contribution in [0.25, 0.3) is 11.6 Å². The SMILES string of the molecule is CCCNc1nc(-c2occc2C)nc2c1CCCCC2. The van der Waals surface area contributed by atoms with Crippen LogP contribution in [0.4, 0.5) is 5.82 Å². The van der Waals surface area contributed by atoms with Crippen molar-refractivity contribution in [2.24, 2.45) is 0 Å². The maximum Gasteiger partial charge on any atom is 0.198 e. The maximum atomic E-state index is 5.58. The molecule has 1 N–H and O–H groups in total. The molecule has 4 nitrogen and oxygen atoms in total. The molecule has 0 radical (unpaired) electrons. The predicted octanol–water partition coefficient (Wildman–Crippen LogP) is 4.14. The number of anilines is 1. The molecule has 0 saturated carbocycles. The number of furan rings is 1. The quantitative estimate of drug-likeness (QED) is 0.858. The van der Waals surface area contributed by atoms with Crippen LogP contribution in [-0.4, -0.2) is 16.5 Å². The van der Waals surface area contributed by atoms with Crippen molar-refractivity contribution < 1.29 is 4.42 Å². The number of nitrogens with zero attached hydrogens (tertiary/aromatic N) is 2. The lowest BCUT2D eigenvalue weighted by molar-refractivity contribution is 0.575. The maximum absolute atomic E-state index is 5.58. The molecule has 0 fully saturated rings. The molecule has 2 aromatic rings. The molecule has 1 aliphatic rings. The van der Waals surface area contributed by atoms with Gasteiger partial charge in [0, 0.05) is 17.8 Å². The smallest absolute Gasteiger partial charge is 0.198 e. The van der Waals surface area contributed by atoms with E-state index in [0.717, 1.165) is 48.8 Å². The third kappa shape index (κ3) is 2.94. The van der Waals surface area contributed by atoms with Crippen LogP contribution in [0.2, 0.25) is 0 Å². The highest BCUT2D eigenvalue weighted by Gasteiger charge is 2.19. The zero-order valence-corrected chi connectivity index (χ0v) is 12.9. The fourth-order valence-corrected chi connectivity index (χ4v) is 2.86. The van der Waals surface area contributed by atoms with E-state index in [9.17, 15) is 0 Å². The zero-order chi connectivity index (χ0) is 14.7. The van der Waals surface area contributed by atoms with Gasteiger partial charge in [-0.3, -0.25) is 0 Å². The lowest BCUT2D eigenvalue weighted by Crippen LogP contribution is -2.10. The molecule has 2 aromatic heterocycles. The second kappa shape index (κ2) is 6.29. The molecule has 21 heavy (non-hydrogen) atoms. The van der Waals surface area contributed by atoms with Crippen molar-refractivity contribution in [1.82, 2.24) is 9.97 Å². The Morgan fingerprint density at radius 3 is 2.81 bits per heavy atom. The Morgan fingerprint density at radius 1 is 1.19 bits per heavy atom. The number of hydrogen-bond donors (Lipinski definition) is 1. The number of nitrogens with one attached hydrogen (secondary N) is 1. The molecule has 0 aliphatic heterocycles. The number of hydrogen-bond acceptors (Lipinski definition) is 4. The minimum absolute atomic E-state index is 0.719. The first kappa shape index (κ1) is 14.1. The Labute approximate surface area is 126 Å². The summed E-state index contributed by atoms with van der Waals surface area (Å²) in [5.74, 6) is 2.52. The second-order valence-electron chi connectivity index (χ2n) is 5.74. The standard InChI is InChI=1S/C17H23N3O/c1-3-10-18-16-13-7-5-4-6-8-14(13)19-17(20-16)15-12(2)9-11-21-15/h9,11H,3-8,10H2,1-2H3,(H,18,19,20). The molecule has 0 amide bonds. The van der Waals surface area contributed by atoms with Gasteiger partial charge in [-0.1, -0.05) is 13.3 Å². The molecular weight excluding hydrogens is 262 g/mol. The lowest BCUT2D eigenvalue weighted by Gasteiger charge is -2.14. The number of aryl methyl sites for hydroxylation is 2. The van der Waals surface area contributed by atoms with Crippen molar-refractivity contribution in [2.45, 2.75) is 52.4 Å². The molecule has 0 bridgehead atoms. The fraction of sp³-hybridized carbons (Fsp3) is 0.529. The summed E-state index contributed by atoms with van der Waals surface area (Å²) in [5.41, 5.74) is 3.60. The molecule has 0 saturated heterocycles. The van der Waals surface area contributed by atoms with Gasteiger partial charge < -0.3 is 9.73 Å². The van der Waals surface area contributed by atoms with Gasteiger partial charge in [-0.15, -0.1) is 0 Å². The van der Waals surface area contributed by atoms with E-state index in [-0.39, 0.29) is 0 Å². The first-order valence-corrected chi connectivity index (χ1v) is 7.97. The van der Waals surface area contributed by atoms with Crippen molar-refractivity contribution in [3.63, 3.8) is 0 Å².